The molecule has 2 rings (SSSR count). The van der Waals surface area contributed by atoms with Gasteiger partial charge in [-0.3, -0.25) is 12.9 Å². The van der Waals surface area contributed by atoms with Crippen LogP contribution < -0.4 is 8.43 Å². The third-order valence-corrected chi connectivity index (χ3v) is 4.77. The van der Waals surface area contributed by atoms with E-state index in [1.54, 1.807) is 0 Å². The number of halogens is 1. The summed E-state index contributed by atoms with van der Waals surface area (Å²) in [5.74, 6) is 1.85. The minimum absolute atomic E-state index is 0.366. The third kappa shape index (κ3) is 2.97. The zero-order chi connectivity index (χ0) is 10.5. The highest BCUT2D eigenvalue weighted by Gasteiger charge is 2.04. The molecule has 0 amide bonds. The van der Waals surface area contributed by atoms with Gasteiger partial charge >= 0.3 is 18.2 Å². The third-order valence-electron chi connectivity index (χ3n) is 2.09. The molecule has 0 radical (unpaired) electrons. The van der Waals surface area contributed by atoms with Crippen LogP contribution in [0, 0.1) is 0 Å². The van der Waals surface area contributed by atoms with E-state index in [4.69, 9.17) is 4.74 Å². The summed E-state index contributed by atoms with van der Waals surface area (Å²) in [6.07, 6.45) is 0. The summed E-state index contributed by atoms with van der Waals surface area (Å²) in [5.41, 5.74) is 0. The molecule has 0 spiro atoms. The molecule has 2 aromatic carbocycles. The smallest absolute Gasteiger partial charge is 0.460 e. The van der Waals surface area contributed by atoms with Crippen LogP contribution in [0.2, 0.25) is 0 Å². The van der Waals surface area contributed by atoms with E-state index >= 15 is 0 Å². The first-order chi connectivity index (χ1) is 7.40. The van der Waals surface area contributed by atoms with Gasteiger partial charge in [0.2, 0.25) is 0 Å². The largest absolute Gasteiger partial charge is 0.512 e. The van der Waals surface area contributed by atoms with Crippen LogP contribution in [0.1, 0.15) is 0 Å². The van der Waals surface area contributed by atoms with Crippen molar-refractivity contribution >= 4 is 34.8 Å². The highest BCUT2D eigenvalue weighted by atomic mass is 79.9. The van der Waals surface area contributed by atoms with Gasteiger partial charge in [0.05, 0.1) is 0 Å². The maximum Gasteiger partial charge on any atom is 0.512 e. The maximum absolute atomic E-state index is 5.81. The molecule has 0 aromatic heterocycles. The van der Waals surface area contributed by atoms with Crippen molar-refractivity contribution in [1.29, 1.82) is 0 Å². The zero-order valence-electron chi connectivity index (χ0n) is 8.19. The summed E-state index contributed by atoms with van der Waals surface area (Å²) in [6, 6.07) is 18.0. The first kappa shape index (κ1) is 11.0. The lowest BCUT2D eigenvalue weighted by Crippen LogP contribution is -2.10. The molecule has 0 aliphatic rings. The maximum atomic E-state index is 5.81. The fourth-order valence-electron chi connectivity index (χ4n) is 1.33. The number of hydrogen-bond acceptors (Lipinski definition) is 1. The van der Waals surface area contributed by atoms with Gasteiger partial charge in [0.15, 0.2) is 0 Å². The molecule has 0 unspecified atom stereocenters. The lowest BCUT2D eigenvalue weighted by Gasteiger charge is -2.09. The highest BCUT2D eigenvalue weighted by Crippen LogP contribution is 2.18. The molecule has 1 nitrogen and oxygen atoms in total. The van der Waals surface area contributed by atoms with Crippen molar-refractivity contribution in [2.45, 2.75) is 0 Å². The lowest BCUT2D eigenvalue weighted by atomic mass is 10.3. The molecule has 0 saturated carbocycles. The van der Waals surface area contributed by atoms with Gasteiger partial charge < -0.3 is 4.74 Å². The molecule has 0 atom stereocenters. The average Bonchev–Trinajstić information content (AvgIpc) is 2.31. The lowest BCUT2D eigenvalue weighted by molar-refractivity contribution is 0.486. The van der Waals surface area contributed by atoms with E-state index in [-0.39, 0.29) is 18.2 Å². The van der Waals surface area contributed by atoms with E-state index in [9.17, 15) is 0 Å². The topological polar surface area (TPSA) is 9.23 Å². The van der Waals surface area contributed by atoms with Crippen molar-refractivity contribution in [3.8, 4) is 11.5 Å². The summed E-state index contributed by atoms with van der Waals surface area (Å²) in [6.45, 7) is 0. The van der Waals surface area contributed by atoms with Crippen molar-refractivity contribution in [3.63, 3.8) is 0 Å². The Balaban J connectivity index is 2.24. The molecular formula is C12H9BrMgO. The van der Waals surface area contributed by atoms with Gasteiger partial charge in [-0.1, -0.05) is 36.4 Å². The molecule has 2 aromatic rings. The Kier molecular flexibility index (Phi) is 4.06. The Morgan fingerprint density at radius 3 is 2.27 bits per heavy atom. The predicted molar refractivity (Wildman–Crippen MR) is 67.3 cm³/mol. The minimum atomic E-state index is -0.366. The number of para-hydroxylation sites is 2. The molecule has 72 valence electrons. The zero-order valence-corrected chi connectivity index (χ0v) is 11.2. The minimum Gasteiger partial charge on any atom is -0.460 e. The normalized spacial score (nSPS) is 9.40. The summed E-state index contributed by atoms with van der Waals surface area (Å²) in [5, 5.41) is 0. The van der Waals surface area contributed by atoms with Crippen molar-refractivity contribution in [2.24, 2.45) is 0 Å². The van der Waals surface area contributed by atoms with E-state index in [1.165, 1.54) is 3.69 Å². The Hall–Kier alpha value is -0.514. The predicted octanol–water partition coefficient (Wildman–Crippen LogP) is 3.12. The summed E-state index contributed by atoms with van der Waals surface area (Å²) < 4.78 is 7.10. The van der Waals surface area contributed by atoms with E-state index in [0.717, 1.165) is 11.5 Å². The Bertz CT molecular complexity index is 431. The van der Waals surface area contributed by atoms with E-state index in [2.05, 4.69) is 19.0 Å². The van der Waals surface area contributed by atoms with E-state index in [0.29, 0.717) is 0 Å². The van der Waals surface area contributed by atoms with E-state index in [1.807, 2.05) is 48.5 Å². The summed E-state index contributed by atoms with van der Waals surface area (Å²) in [7, 11) is 0. The molecule has 3 heteroatoms. The quantitative estimate of drug-likeness (QED) is 0.781. The van der Waals surface area contributed by atoms with Crippen LogP contribution in [0.5, 0.6) is 11.5 Å². The molecule has 0 saturated heterocycles. The van der Waals surface area contributed by atoms with E-state index < -0.39 is 0 Å². The van der Waals surface area contributed by atoms with Crippen molar-refractivity contribution in [3.05, 3.63) is 54.6 Å². The fraction of sp³-hybridized carbons (Fsp3) is 0. The number of benzene rings is 2. The molecule has 0 aliphatic carbocycles. The number of ether oxygens (including phenoxy) is 1. The molecule has 0 aliphatic heterocycles. The molecule has 0 N–H and O–H groups in total. The van der Waals surface area contributed by atoms with Crippen LogP contribution in [0.15, 0.2) is 54.6 Å². The highest BCUT2D eigenvalue weighted by molar-refractivity contribution is 9.23. The Labute approximate surface area is 105 Å². The first-order valence-electron chi connectivity index (χ1n) is 4.77. The SMILES string of the molecule is [Br][Mg][c]1ccccc1Oc1ccccc1. The monoisotopic (exact) mass is 272 g/mol. The fourth-order valence-corrected chi connectivity index (χ4v) is 3.27. The Morgan fingerprint density at radius 1 is 0.867 bits per heavy atom. The van der Waals surface area contributed by atoms with Crippen molar-refractivity contribution in [2.75, 3.05) is 0 Å². The van der Waals surface area contributed by atoms with Gasteiger partial charge in [-0.2, -0.15) is 0 Å². The van der Waals surface area contributed by atoms with Crippen LogP contribution in [0.4, 0.5) is 0 Å². The molecular weight excluding hydrogens is 264 g/mol. The second-order valence-electron chi connectivity index (χ2n) is 3.16. The first-order valence-corrected chi connectivity index (χ1v) is 9.37. The summed E-state index contributed by atoms with van der Waals surface area (Å²) in [4.78, 5) is 0. The standard InChI is InChI=1S/C12H9O.BrH.Mg/c1-3-7-11(8-4-1)13-12-9-5-2-6-10-12;;/h1-9H;1H;/q;;+1/p-1. The van der Waals surface area contributed by atoms with Gasteiger partial charge in [0.1, 0.15) is 11.5 Å². The molecule has 0 heterocycles. The van der Waals surface area contributed by atoms with Crippen LogP contribution in [-0.4, -0.2) is 18.2 Å². The average molecular weight is 273 g/mol. The van der Waals surface area contributed by atoms with Crippen LogP contribution in [0.3, 0.4) is 0 Å². The van der Waals surface area contributed by atoms with Crippen LogP contribution in [0.25, 0.3) is 0 Å². The second kappa shape index (κ2) is 5.54. The second-order valence-corrected chi connectivity index (χ2v) is 5.87. The van der Waals surface area contributed by atoms with Gasteiger partial charge in [-0.25, -0.2) is 0 Å². The van der Waals surface area contributed by atoms with Gasteiger partial charge in [0, 0.05) is 0 Å². The van der Waals surface area contributed by atoms with Gasteiger partial charge in [-0.15, -0.1) is 3.69 Å². The van der Waals surface area contributed by atoms with Crippen molar-refractivity contribution < 1.29 is 4.74 Å². The molecule has 0 fully saturated rings. The number of rotatable bonds is 3. The van der Waals surface area contributed by atoms with Crippen LogP contribution in [-0.2, 0) is 0 Å². The Morgan fingerprint density at radius 2 is 1.53 bits per heavy atom. The molecule has 15 heavy (non-hydrogen) atoms. The number of hydrogen-bond donors (Lipinski definition) is 0. The molecule has 0 bridgehead atoms. The van der Waals surface area contributed by atoms with Gasteiger partial charge in [0.25, 0.3) is 0 Å². The van der Waals surface area contributed by atoms with Crippen LogP contribution >= 0.6 is 12.9 Å². The van der Waals surface area contributed by atoms with Crippen molar-refractivity contribution in [1.82, 2.24) is 0 Å². The van der Waals surface area contributed by atoms with Gasteiger partial charge in [-0.05, 0) is 18.2 Å². The summed E-state index contributed by atoms with van der Waals surface area (Å²) >= 11 is 3.21.